The third-order valence-corrected chi connectivity index (χ3v) is 6.10. The van der Waals surface area contributed by atoms with Crippen LogP contribution in [0.5, 0.6) is 5.75 Å². The largest absolute Gasteiger partial charge is 0.496 e. The van der Waals surface area contributed by atoms with Gasteiger partial charge in [0.25, 0.3) is 0 Å². The molecule has 0 amide bonds. The Bertz CT molecular complexity index is 1310. The molecule has 0 bridgehead atoms. The molecule has 1 aromatic heterocycles. The highest BCUT2D eigenvalue weighted by Gasteiger charge is 2.20. The number of hydrogen-bond donors (Lipinski definition) is 2. The van der Waals surface area contributed by atoms with Crippen LogP contribution in [0.3, 0.4) is 0 Å². The number of nitrogens with two attached hydrogens (primary N) is 1. The molecule has 0 aliphatic carbocycles. The molecule has 11 heteroatoms. The van der Waals surface area contributed by atoms with E-state index in [-0.39, 0.29) is 38.4 Å². The molecule has 8 nitrogen and oxygen atoms in total. The van der Waals surface area contributed by atoms with Crippen LogP contribution in [0.4, 0.5) is 16.0 Å². The van der Waals surface area contributed by atoms with Gasteiger partial charge in [0.15, 0.2) is 15.7 Å². The van der Waals surface area contributed by atoms with E-state index in [0.29, 0.717) is 24.1 Å². The Morgan fingerprint density at radius 3 is 2.56 bits per heavy atom. The summed E-state index contributed by atoms with van der Waals surface area (Å²) in [6.07, 6.45) is 2.69. The number of rotatable bonds is 7. The van der Waals surface area contributed by atoms with Crippen molar-refractivity contribution < 1.29 is 17.5 Å². The van der Waals surface area contributed by atoms with Gasteiger partial charge < -0.3 is 15.8 Å². The zero-order chi connectivity index (χ0) is 23.5. The average Bonchev–Trinajstić information content (AvgIpc) is 2.75. The first-order chi connectivity index (χ1) is 15.2. The van der Waals surface area contributed by atoms with Gasteiger partial charge in [-0.25, -0.2) is 22.8 Å². The molecule has 166 valence electrons. The number of hydrogen-bond acceptors (Lipinski definition) is 8. The molecule has 0 aliphatic heterocycles. The predicted octanol–water partition coefficient (Wildman–Crippen LogP) is 3.46. The molecule has 3 aromatic rings. The highest BCUT2D eigenvalue weighted by molar-refractivity contribution is 7.90. The minimum Gasteiger partial charge on any atom is -0.496 e. The van der Waals surface area contributed by atoms with E-state index in [1.165, 1.54) is 43.8 Å². The fraction of sp³-hybridized carbons (Fsp3) is 0.190. The van der Waals surface area contributed by atoms with Crippen molar-refractivity contribution in [2.24, 2.45) is 0 Å². The molecule has 3 rings (SSSR count). The van der Waals surface area contributed by atoms with Gasteiger partial charge in [-0.3, -0.25) is 0 Å². The van der Waals surface area contributed by atoms with Crippen molar-refractivity contribution in [3.05, 3.63) is 58.6 Å². The van der Waals surface area contributed by atoms with Crippen molar-refractivity contribution in [3.8, 4) is 22.9 Å². The van der Waals surface area contributed by atoms with Gasteiger partial charge in [-0.1, -0.05) is 23.7 Å². The summed E-state index contributed by atoms with van der Waals surface area (Å²) >= 11 is 6.14. The molecule has 0 unspecified atom stereocenters. The monoisotopic (exact) mass is 475 g/mol. The van der Waals surface area contributed by atoms with E-state index in [1.54, 1.807) is 0 Å². The molecule has 0 fully saturated rings. The standard InChI is InChI=1S/C21H19ClFN5O3S/c1-31-19-13(7-8-26-21-15(10-24)20(25)27-11-28-21)9-16(22)18(23)17(19)12-3-5-14(6-4-12)32(2,29)30/h3-6,9,11H,7-8H2,1-2H3,(H3,25,26,27,28). The summed E-state index contributed by atoms with van der Waals surface area (Å²) in [4.78, 5) is 7.91. The molecule has 0 saturated heterocycles. The van der Waals surface area contributed by atoms with Gasteiger partial charge in [-0.15, -0.1) is 0 Å². The lowest BCUT2D eigenvalue weighted by molar-refractivity contribution is 0.408. The first-order valence-electron chi connectivity index (χ1n) is 9.27. The first kappa shape index (κ1) is 23.2. The Morgan fingerprint density at radius 1 is 1.28 bits per heavy atom. The van der Waals surface area contributed by atoms with Crippen LogP contribution >= 0.6 is 11.6 Å². The van der Waals surface area contributed by atoms with E-state index in [2.05, 4.69) is 15.3 Å². The Hall–Kier alpha value is -3.42. The van der Waals surface area contributed by atoms with Crippen LogP contribution in [0.25, 0.3) is 11.1 Å². The molecular weight excluding hydrogens is 457 g/mol. The van der Waals surface area contributed by atoms with Crippen molar-refractivity contribution in [3.63, 3.8) is 0 Å². The third-order valence-electron chi connectivity index (χ3n) is 4.70. The van der Waals surface area contributed by atoms with Crippen molar-refractivity contribution >= 4 is 33.1 Å². The SMILES string of the molecule is COc1c(CCNc2ncnc(N)c2C#N)cc(Cl)c(F)c1-c1ccc(S(C)(=O)=O)cc1. The maximum absolute atomic E-state index is 15.0. The van der Waals surface area contributed by atoms with E-state index in [1.807, 2.05) is 6.07 Å². The lowest BCUT2D eigenvalue weighted by Crippen LogP contribution is -2.11. The van der Waals surface area contributed by atoms with Crippen molar-refractivity contribution in [1.29, 1.82) is 5.26 Å². The number of sulfone groups is 1. The van der Waals surface area contributed by atoms with Gasteiger partial charge in [0.05, 0.1) is 22.6 Å². The number of nitrogens with one attached hydrogen (secondary N) is 1. The molecule has 0 atom stereocenters. The Balaban J connectivity index is 1.94. The molecule has 0 saturated carbocycles. The minimum atomic E-state index is -3.39. The fourth-order valence-electron chi connectivity index (χ4n) is 3.17. The van der Waals surface area contributed by atoms with Gasteiger partial charge in [0.1, 0.15) is 35.3 Å². The van der Waals surface area contributed by atoms with E-state index in [0.717, 1.165) is 6.26 Å². The summed E-state index contributed by atoms with van der Waals surface area (Å²) in [6, 6.07) is 9.20. The highest BCUT2D eigenvalue weighted by Crippen LogP contribution is 2.39. The van der Waals surface area contributed by atoms with E-state index in [4.69, 9.17) is 22.1 Å². The number of benzene rings is 2. The van der Waals surface area contributed by atoms with Crippen LogP contribution in [-0.4, -0.2) is 38.3 Å². The smallest absolute Gasteiger partial charge is 0.175 e. The van der Waals surface area contributed by atoms with Crippen molar-refractivity contribution in [1.82, 2.24) is 9.97 Å². The second-order valence-corrected chi connectivity index (χ2v) is 9.23. The summed E-state index contributed by atoms with van der Waals surface area (Å²) in [5.41, 5.74) is 6.96. The molecular formula is C21H19ClFN5O3S. The van der Waals surface area contributed by atoms with Gasteiger partial charge in [0, 0.05) is 12.8 Å². The number of halogens is 2. The lowest BCUT2D eigenvalue weighted by atomic mass is 9.99. The Labute approximate surface area is 189 Å². The van der Waals surface area contributed by atoms with Gasteiger partial charge in [0.2, 0.25) is 0 Å². The number of nitriles is 1. The summed E-state index contributed by atoms with van der Waals surface area (Å²) in [5, 5.41) is 12.1. The summed E-state index contributed by atoms with van der Waals surface area (Å²) < 4.78 is 43.9. The number of methoxy groups -OCH3 is 1. The summed E-state index contributed by atoms with van der Waals surface area (Å²) in [6.45, 7) is 0.315. The molecule has 0 spiro atoms. The number of nitrogen functional groups attached to an aromatic ring is 1. The van der Waals surface area contributed by atoms with Crippen LogP contribution in [0.2, 0.25) is 5.02 Å². The van der Waals surface area contributed by atoms with Crippen molar-refractivity contribution in [2.45, 2.75) is 11.3 Å². The molecule has 0 radical (unpaired) electrons. The number of anilines is 2. The summed E-state index contributed by atoms with van der Waals surface area (Å²) in [7, 11) is -1.98. The Kier molecular flexibility index (Phi) is 6.81. The van der Waals surface area contributed by atoms with Gasteiger partial charge in [-0.05, 0) is 35.7 Å². The van der Waals surface area contributed by atoms with E-state index < -0.39 is 15.7 Å². The average molecular weight is 476 g/mol. The molecule has 2 aromatic carbocycles. The first-order valence-corrected chi connectivity index (χ1v) is 11.5. The highest BCUT2D eigenvalue weighted by atomic mass is 35.5. The third kappa shape index (κ3) is 4.74. The number of aromatic nitrogens is 2. The van der Waals surface area contributed by atoms with E-state index in [9.17, 15) is 18.1 Å². The van der Waals surface area contributed by atoms with Crippen LogP contribution in [0.1, 0.15) is 11.1 Å². The molecule has 1 heterocycles. The second-order valence-electron chi connectivity index (χ2n) is 6.81. The van der Waals surface area contributed by atoms with Gasteiger partial charge >= 0.3 is 0 Å². The fourth-order valence-corrected chi connectivity index (χ4v) is 4.02. The van der Waals surface area contributed by atoms with Crippen LogP contribution in [0, 0.1) is 17.1 Å². The lowest BCUT2D eigenvalue weighted by Gasteiger charge is -2.17. The minimum absolute atomic E-state index is 0.0623. The normalized spacial score (nSPS) is 11.1. The molecule has 3 N–H and O–H groups in total. The zero-order valence-electron chi connectivity index (χ0n) is 17.2. The van der Waals surface area contributed by atoms with Crippen LogP contribution in [0.15, 0.2) is 41.6 Å². The predicted molar refractivity (Wildman–Crippen MR) is 120 cm³/mol. The Morgan fingerprint density at radius 2 is 1.97 bits per heavy atom. The molecule has 32 heavy (non-hydrogen) atoms. The topological polar surface area (TPSA) is 131 Å². The van der Waals surface area contributed by atoms with Crippen molar-refractivity contribution in [2.75, 3.05) is 31.0 Å². The molecule has 0 aliphatic rings. The number of ether oxygens (including phenoxy) is 1. The van der Waals surface area contributed by atoms with Crippen LogP contribution < -0.4 is 15.8 Å². The quantitative estimate of drug-likeness (QED) is 0.531. The maximum atomic E-state index is 15.0. The van der Waals surface area contributed by atoms with Crippen LogP contribution in [-0.2, 0) is 16.3 Å². The zero-order valence-corrected chi connectivity index (χ0v) is 18.8. The maximum Gasteiger partial charge on any atom is 0.175 e. The number of nitrogens with zero attached hydrogens (tertiary/aromatic N) is 3. The van der Waals surface area contributed by atoms with Gasteiger partial charge in [-0.2, -0.15) is 5.26 Å². The second kappa shape index (κ2) is 9.38. The van der Waals surface area contributed by atoms with E-state index >= 15 is 0 Å². The summed E-state index contributed by atoms with van der Waals surface area (Å²) in [5.74, 6) is -0.0674.